The van der Waals surface area contributed by atoms with Crippen molar-refractivity contribution in [3.05, 3.63) is 62.6 Å². The van der Waals surface area contributed by atoms with Crippen molar-refractivity contribution in [2.75, 3.05) is 11.9 Å². The van der Waals surface area contributed by atoms with Crippen molar-refractivity contribution in [3.8, 4) is 24.2 Å². The van der Waals surface area contributed by atoms with Crippen LogP contribution in [0.1, 0.15) is 11.1 Å². The summed E-state index contributed by atoms with van der Waals surface area (Å²) in [5, 5.41) is 12.6. The van der Waals surface area contributed by atoms with Crippen LogP contribution in [0, 0.1) is 30.6 Å². The largest absolute Gasteiger partial charge is 0.480 e. The van der Waals surface area contributed by atoms with Crippen LogP contribution in [-0.4, -0.2) is 12.5 Å². The molecule has 0 heterocycles. The van der Waals surface area contributed by atoms with E-state index in [9.17, 15) is 10.1 Å². The standard InChI is InChI=1S/C20H14BrClN2O2/c1-3-8-26-19-7-5-16(21)10-14(19)9-15(12-23)20(25)24-17-6-4-13(2)18(22)11-17/h1,4-7,9-11H,8H2,2H3,(H,24,25)/b15-9+. The Bertz CT molecular complexity index is 955. The third-order valence-electron chi connectivity index (χ3n) is 3.38. The number of hydrogen-bond donors (Lipinski definition) is 1. The van der Waals surface area contributed by atoms with E-state index in [1.807, 2.05) is 13.0 Å². The molecule has 0 aliphatic heterocycles. The average Bonchev–Trinajstić information content (AvgIpc) is 2.62. The number of carbonyl (C=O) groups excluding carboxylic acids is 1. The molecule has 2 rings (SSSR count). The van der Waals surface area contributed by atoms with E-state index in [2.05, 4.69) is 27.2 Å². The predicted molar refractivity (Wildman–Crippen MR) is 107 cm³/mol. The van der Waals surface area contributed by atoms with Crippen LogP contribution in [0.2, 0.25) is 5.02 Å². The summed E-state index contributed by atoms with van der Waals surface area (Å²) in [6.45, 7) is 1.94. The average molecular weight is 430 g/mol. The molecule has 130 valence electrons. The number of amides is 1. The molecule has 0 unspecified atom stereocenters. The van der Waals surface area contributed by atoms with E-state index in [1.54, 1.807) is 36.4 Å². The highest BCUT2D eigenvalue weighted by atomic mass is 79.9. The van der Waals surface area contributed by atoms with Gasteiger partial charge in [-0.1, -0.05) is 39.5 Å². The predicted octanol–water partition coefficient (Wildman–Crippen LogP) is 4.97. The van der Waals surface area contributed by atoms with Gasteiger partial charge in [0.15, 0.2) is 0 Å². The molecular formula is C20H14BrClN2O2. The highest BCUT2D eigenvalue weighted by Gasteiger charge is 2.12. The summed E-state index contributed by atoms with van der Waals surface area (Å²) in [5.74, 6) is 2.31. The summed E-state index contributed by atoms with van der Waals surface area (Å²) in [4.78, 5) is 12.4. The molecule has 0 aromatic heterocycles. The highest BCUT2D eigenvalue weighted by Crippen LogP contribution is 2.26. The maximum atomic E-state index is 12.4. The Morgan fingerprint density at radius 1 is 1.38 bits per heavy atom. The Balaban J connectivity index is 2.31. The zero-order chi connectivity index (χ0) is 19.1. The van der Waals surface area contributed by atoms with Gasteiger partial charge in [-0.25, -0.2) is 0 Å². The van der Waals surface area contributed by atoms with Gasteiger partial charge in [-0.15, -0.1) is 6.42 Å². The Labute approximate surface area is 165 Å². The molecule has 1 N–H and O–H groups in total. The number of terminal acetylenes is 1. The van der Waals surface area contributed by atoms with Gasteiger partial charge in [0.05, 0.1) is 0 Å². The molecule has 1 amide bonds. The zero-order valence-corrected chi connectivity index (χ0v) is 16.2. The minimum absolute atomic E-state index is 0.0784. The first-order valence-electron chi connectivity index (χ1n) is 7.49. The number of aryl methyl sites for hydroxylation is 1. The minimum atomic E-state index is -0.546. The lowest BCUT2D eigenvalue weighted by molar-refractivity contribution is -0.112. The number of halogens is 2. The summed E-state index contributed by atoms with van der Waals surface area (Å²) in [6.07, 6.45) is 6.66. The molecule has 2 aromatic carbocycles. The number of nitrogens with zero attached hydrogens (tertiary/aromatic N) is 1. The molecule has 0 fully saturated rings. The molecule has 26 heavy (non-hydrogen) atoms. The Hall–Kier alpha value is -2.73. The summed E-state index contributed by atoms with van der Waals surface area (Å²) in [5.41, 5.74) is 1.88. The fourth-order valence-electron chi connectivity index (χ4n) is 2.06. The molecule has 4 nitrogen and oxygen atoms in total. The highest BCUT2D eigenvalue weighted by molar-refractivity contribution is 9.10. The monoisotopic (exact) mass is 428 g/mol. The molecule has 0 bridgehead atoms. The molecule has 0 saturated heterocycles. The molecule has 0 aliphatic carbocycles. The molecule has 0 saturated carbocycles. The van der Waals surface area contributed by atoms with Crippen molar-refractivity contribution >= 4 is 45.2 Å². The van der Waals surface area contributed by atoms with Gasteiger partial charge < -0.3 is 10.1 Å². The SMILES string of the molecule is C#CCOc1ccc(Br)cc1/C=C(\C#N)C(=O)Nc1ccc(C)c(Cl)c1. The molecular weight excluding hydrogens is 416 g/mol. The lowest BCUT2D eigenvalue weighted by Gasteiger charge is -2.09. The number of anilines is 1. The minimum Gasteiger partial charge on any atom is -0.480 e. The molecule has 6 heteroatoms. The lowest BCUT2D eigenvalue weighted by Crippen LogP contribution is -2.13. The number of carbonyl (C=O) groups is 1. The van der Waals surface area contributed by atoms with Crippen molar-refractivity contribution < 1.29 is 9.53 Å². The van der Waals surface area contributed by atoms with Crippen LogP contribution in [0.5, 0.6) is 5.75 Å². The first-order chi connectivity index (χ1) is 12.4. The quantitative estimate of drug-likeness (QED) is 0.415. The van der Waals surface area contributed by atoms with E-state index in [-0.39, 0.29) is 12.2 Å². The van der Waals surface area contributed by atoms with Gasteiger partial charge in [-0.2, -0.15) is 5.26 Å². The van der Waals surface area contributed by atoms with Crippen molar-refractivity contribution in [3.63, 3.8) is 0 Å². The van der Waals surface area contributed by atoms with Crippen LogP contribution in [0.25, 0.3) is 6.08 Å². The molecule has 0 atom stereocenters. The second kappa shape index (κ2) is 9.10. The molecule has 0 aliphatic rings. The Morgan fingerprint density at radius 2 is 2.15 bits per heavy atom. The normalized spacial score (nSPS) is 10.6. The topological polar surface area (TPSA) is 62.1 Å². The number of nitrogens with one attached hydrogen (secondary N) is 1. The van der Waals surface area contributed by atoms with Crippen LogP contribution in [0.4, 0.5) is 5.69 Å². The maximum Gasteiger partial charge on any atom is 0.266 e. The van der Waals surface area contributed by atoms with Crippen LogP contribution in [0.15, 0.2) is 46.4 Å². The van der Waals surface area contributed by atoms with E-state index < -0.39 is 5.91 Å². The first kappa shape index (κ1) is 19.6. The molecule has 2 aromatic rings. The van der Waals surface area contributed by atoms with E-state index >= 15 is 0 Å². The summed E-state index contributed by atoms with van der Waals surface area (Å²) >= 11 is 9.42. The number of rotatable bonds is 5. The second-order valence-electron chi connectivity index (χ2n) is 5.26. The maximum absolute atomic E-state index is 12.4. The van der Waals surface area contributed by atoms with Gasteiger partial charge in [0, 0.05) is 20.7 Å². The second-order valence-corrected chi connectivity index (χ2v) is 6.59. The van der Waals surface area contributed by atoms with Crippen molar-refractivity contribution in [2.24, 2.45) is 0 Å². The van der Waals surface area contributed by atoms with E-state index in [0.29, 0.717) is 22.0 Å². The zero-order valence-electron chi connectivity index (χ0n) is 13.8. The van der Waals surface area contributed by atoms with Gasteiger partial charge in [0.25, 0.3) is 5.91 Å². The van der Waals surface area contributed by atoms with E-state index in [1.165, 1.54) is 6.08 Å². The van der Waals surface area contributed by atoms with Gasteiger partial charge in [0.1, 0.15) is 24.0 Å². The van der Waals surface area contributed by atoms with Crippen molar-refractivity contribution in [2.45, 2.75) is 6.92 Å². The van der Waals surface area contributed by atoms with Crippen LogP contribution >= 0.6 is 27.5 Å². The first-order valence-corrected chi connectivity index (χ1v) is 8.67. The van der Waals surface area contributed by atoms with Gasteiger partial charge in [-0.05, 0) is 48.9 Å². The summed E-state index contributed by atoms with van der Waals surface area (Å²) < 4.78 is 6.23. The smallest absolute Gasteiger partial charge is 0.266 e. The van der Waals surface area contributed by atoms with Gasteiger partial charge in [0.2, 0.25) is 0 Å². The third kappa shape index (κ3) is 5.13. The van der Waals surface area contributed by atoms with Crippen molar-refractivity contribution in [1.82, 2.24) is 0 Å². The fraction of sp³-hybridized carbons (Fsp3) is 0.100. The number of ether oxygens (including phenoxy) is 1. The summed E-state index contributed by atoms with van der Waals surface area (Å²) in [7, 11) is 0. The number of hydrogen-bond acceptors (Lipinski definition) is 3. The molecule has 0 spiro atoms. The number of benzene rings is 2. The Morgan fingerprint density at radius 3 is 2.81 bits per heavy atom. The summed E-state index contributed by atoms with van der Waals surface area (Å²) in [6, 6.07) is 12.3. The van der Waals surface area contributed by atoms with Crippen LogP contribution < -0.4 is 10.1 Å². The van der Waals surface area contributed by atoms with Gasteiger partial charge in [-0.3, -0.25) is 4.79 Å². The van der Waals surface area contributed by atoms with E-state index in [0.717, 1.165) is 10.0 Å². The number of nitriles is 1. The fourth-order valence-corrected chi connectivity index (χ4v) is 2.62. The van der Waals surface area contributed by atoms with Crippen LogP contribution in [-0.2, 0) is 4.79 Å². The third-order valence-corrected chi connectivity index (χ3v) is 4.28. The van der Waals surface area contributed by atoms with E-state index in [4.69, 9.17) is 22.8 Å². The molecule has 0 radical (unpaired) electrons. The van der Waals surface area contributed by atoms with Gasteiger partial charge >= 0.3 is 0 Å². The van der Waals surface area contributed by atoms with Crippen LogP contribution in [0.3, 0.4) is 0 Å². The Kier molecular flexibility index (Phi) is 6.86. The van der Waals surface area contributed by atoms with Crippen molar-refractivity contribution in [1.29, 1.82) is 5.26 Å². The lowest BCUT2D eigenvalue weighted by atomic mass is 10.1.